The van der Waals surface area contributed by atoms with Gasteiger partial charge >= 0.3 is 0 Å². The summed E-state index contributed by atoms with van der Waals surface area (Å²) in [6.07, 6.45) is 4.67. The second-order valence-electron chi connectivity index (χ2n) is 7.17. The Balaban J connectivity index is 1.75. The molecule has 0 aromatic carbocycles. The fourth-order valence-electron chi connectivity index (χ4n) is 2.90. The largest absolute Gasteiger partial charge is 0.376 e. The molecule has 3 nitrogen and oxygen atoms in total. The zero-order chi connectivity index (χ0) is 13.7. The number of nitrogens with two attached hydrogens (primary N) is 1. The fourth-order valence-corrected chi connectivity index (χ4v) is 4.05. The molecular formula is C15H24N2OS. The van der Waals surface area contributed by atoms with Crippen molar-refractivity contribution < 1.29 is 4.74 Å². The Morgan fingerprint density at radius 3 is 2.79 bits per heavy atom. The van der Waals surface area contributed by atoms with Gasteiger partial charge in [-0.3, -0.25) is 0 Å². The Hall–Kier alpha value is -0.450. The molecule has 2 heterocycles. The van der Waals surface area contributed by atoms with E-state index in [1.165, 1.54) is 23.5 Å². The predicted molar refractivity (Wildman–Crippen MR) is 78.5 cm³/mol. The van der Waals surface area contributed by atoms with Crippen molar-refractivity contribution in [2.45, 2.75) is 63.5 Å². The Morgan fingerprint density at radius 1 is 1.47 bits per heavy atom. The molecule has 0 bridgehead atoms. The first kappa shape index (κ1) is 13.5. The van der Waals surface area contributed by atoms with Crippen LogP contribution in [-0.2, 0) is 16.6 Å². The number of hydrogen-bond donors (Lipinski definition) is 1. The minimum atomic E-state index is -0.186. The van der Waals surface area contributed by atoms with E-state index >= 15 is 0 Å². The minimum absolute atomic E-state index is 0.124. The van der Waals surface area contributed by atoms with Crippen LogP contribution in [0.5, 0.6) is 0 Å². The van der Waals surface area contributed by atoms with Crippen LogP contribution in [0.2, 0.25) is 0 Å². The van der Waals surface area contributed by atoms with Gasteiger partial charge in [0, 0.05) is 23.8 Å². The summed E-state index contributed by atoms with van der Waals surface area (Å²) in [5.74, 6) is 0.703. The van der Waals surface area contributed by atoms with E-state index in [0.717, 1.165) is 19.4 Å². The molecule has 2 unspecified atom stereocenters. The summed E-state index contributed by atoms with van der Waals surface area (Å²) < 4.78 is 5.89. The topological polar surface area (TPSA) is 48.1 Å². The molecule has 0 amide bonds. The molecule has 1 aromatic heterocycles. The first-order valence-electron chi connectivity index (χ1n) is 7.24. The van der Waals surface area contributed by atoms with Crippen molar-refractivity contribution >= 4 is 11.3 Å². The van der Waals surface area contributed by atoms with Crippen LogP contribution in [0.25, 0.3) is 0 Å². The number of hydrogen-bond acceptors (Lipinski definition) is 4. The SMILES string of the molecule is CC(C)(C)c1csc(CC2(N)CCOC2C2CC2)n1. The van der Waals surface area contributed by atoms with Crippen LogP contribution >= 0.6 is 11.3 Å². The second-order valence-corrected chi connectivity index (χ2v) is 8.11. The van der Waals surface area contributed by atoms with E-state index in [4.69, 9.17) is 15.5 Å². The molecule has 2 N–H and O–H groups in total. The van der Waals surface area contributed by atoms with Crippen LogP contribution in [0.15, 0.2) is 5.38 Å². The maximum atomic E-state index is 6.64. The van der Waals surface area contributed by atoms with E-state index in [2.05, 4.69) is 26.2 Å². The van der Waals surface area contributed by atoms with Crippen molar-refractivity contribution in [3.05, 3.63) is 16.1 Å². The highest BCUT2D eigenvalue weighted by molar-refractivity contribution is 7.09. The van der Waals surface area contributed by atoms with Crippen molar-refractivity contribution in [1.82, 2.24) is 4.98 Å². The molecule has 2 fully saturated rings. The lowest BCUT2D eigenvalue weighted by Crippen LogP contribution is -2.50. The Kier molecular flexibility index (Phi) is 3.23. The van der Waals surface area contributed by atoms with Gasteiger partial charge in [-0.1, -0.05) is 20.8 Å². The molecule has 0 spiro atoms. The number of thiazole rings is 1. The molecule has 1 aromatic rings. The van der Waals surface area contributed by atoms with Gasteiger partial charge in [0.15, 0.2) is 0 Å². The number of aromatic nitrogens is 1. The Labute approximate surface area is 119 Å². The maximum absolute atomic E-state index is 6.64. The summed E-state index contributed by atoms with van der Waals surface area (Å²) >= 11 is 1.75. The van der Waals surface area contributed by atoms with Crippen molar-refractivity contribution in [3.8, 4) is 0 Å². The van der Waals surface area contributed by atoms with Crippen molar-refractivity contribution in [3.63, 3.8) is 0 Å². The molecule has 1 aliphatic heterocycles. The van der Waals surface area contributed by atoms with Crippen LogP contribution in [0.1, 0.15) is 50.7 Å². The standard InChI is InChI=1S/C15H24N2OS/c1-14(2,3)11-9-19-12(17-11)8-15(16)6-7-18-13(15)10-4-5-10/h9-10,13H,4-8,16H2,1-3H3. The highest BCUT2D eigenvalue weighted by Crippen LogP contribution is 2.43. The third kappa shape index (κ3) is 2.71. The highest BCUT2D eigenvalue weighted by Gasteiger charge is 2.49. The molecule has 4 heteroatoms. The lowest BCUT2D eigenvalue weighted by Gasteiger charge is -2.29. The zero-order valence-corrected chi connectivity index (χ0v) is 12.9. The lowest BCUT2D eigenvalue weighted by atomic mass is 9.86. The summed E-state index contributed by atoms with van der Waals surface area (Å²) in [5, 5.41) is 3.35. The summed E-state index contributed by atoms with van der Waals surface area (Å²) in [6, 6.07) is 0. The van der Waals surface area contributed by atoms with Gasteiger partial charge in [-0.25, -0.2) is 4.98 Å². The quantitative estimate of drug-likeness (QED) is 0.926. The van der Waals surface area contributed by atoms with E-state index < -0.39 is 0 Å². The van der Waals surface area contributed by atoms with Crippen molar-refractivity contribution in [1.29, 1.82) is 0 Å². The molecule has 106 valence electrons. The van der Waals surface area contributed by atoms with Gasteiger partial charge in [-0.05, 0) is 25.2 Å². The minimum Gasteiger partial charge on any atom is -0.376 e. The third-order valence-electron chi connectivity index (χ3n) is 4.28. The summed E-state index contributed by atoms with van der Waals surface area (Å²) in [5.41, 5.74) is 7.75. The molecule has 2 atom stereocenters. The second kappa shape index (κ2) is 4.54. The smallest absolute Gasteiger partial charge is 0.0947 e. The molecule has 1 saturated carbocycles. The van der Waals surface area contributed by atoms with Gasteiger partial charge < -0.3 is 10.5 Å². The molecule has 1 aliphatic carbocycles. The van der Waals surface area contributed by atoms with Crippen LogP contribution in [-0.4, -0.2) is 23.2 Å². The summed E-state index contributed by atoms with van der Waals surface area (Å²) in [4.78, 5) is 4.79. The van der Waals surface area contributed by atoms with E-state index in [1.54, 1.807) is 11.3 Å². The first-order chi connectivity index (χ1) is 8.88. The van der Waals surface area contributed by atoms with E-state index in [-0.39, 0.29) is 17.1 Å². The Bertz CT molecular complexity index is 461. The van der Waals surface area contributed by atoms with Crippen molar-refractivity contribution in [2.75, 3.05) is 6.61 Å². The van der Waals surface area contributed by atoms with E-state index in [0.29, 0.717) is 5.92 Å². The van der Waals surface area contributed by atoms with Gasteiger partial charge in [0.2, 0.25) is 0 Å². The zero-order valence-electron chi connectivity index (χ0n) is 12.1. The predicted octanol–water partition coefficient (Wildman–Crippen LogP) is 2.88. The van der Waals surface area contributed by atoms with Gasteiger partial charge in [-0.15, -0.1) is 11.3 Å². The fraction of sp³-hybridized carbons (Fsp3) is 0.800. The van der Waals surface area contributed by atoms with Crippen LogP contribution in [0, 0.1) is 5.92 Å². The molecule has 1 saturated heterocycles. The third-order valence-corrected chi connectivity index (χ3v) is 5.13. The molecule has 3 rings (SSSR count). The van der Waals surface area contributed by atoms with Crippen molar-refractivity contribution in [2.24, 2.45) is 11.7 Å². The average molecular weight is 280 g/mol. The van der Waals surface area contributed by atoms with Gasteiger partial charge in [-0.2, -0.15) is 0 Å². The van der Waals surface area contributed by atoms with Crippen LogP contribution < -0.4 is 5.73 Å². The number of rotatable bonds is 3. The average Bonchev–Trinajstić information content (AvgIpc) is 2.90. The molecule has 2 aliphatic rings. The highest BCUT2D eigenvalue weighted by atomic mass is 32.1. The molecule has 19 heavy (non-hydrogen) atoms. The summed E-state index contributed by atoms with van der Waals surface area (Å²) in [7, 11) is 0. The molecule has 0 radical (unpaired) electrons. The van der Waals surface area contributed by atoms with Gasteiger partial charge in [0.1, 0.15) is 0 Å². The molecular weight excluding hydrogens is 256 g/mol. The lowest BCUT2D eigenvalue weighted by molar-refractivity contribution is 0.0626. The van der Waals surface area contributed by atoms with Gasteiger partial charge in [0.25, 0.3) is 0 Å². The number of ether oxygens (including phenoxy) is 1. The monoisotopic (exact) mass is 280 g/mol. The van der Waals surface area contributed by atoms with E-state index in [1.807, 2.05) is 0 Å². The Morgan fingerprint density at radius 2 is 2.21 bits per heavy atom. The maximum Gasteiger partial charge on any atom is 0.0947 e. The van der Waals surface area contributed by atoms with Crippen LogP contribution in [0.3, 0.4) is 0 Å². The normalized spacial score (nSPS) is 31.9. The van der Waals surface area contributed by atoms with E-state index in [9.17, 15) is 0 Å². The summed E-state index contributed by atoms with van der Waals surface area (Å²) in [6.45, 7) is 7.43. The van der Waals surface area contributed by atoms with Crippen LogP contribution in [0.4, 0.5) is 0 Å². The number of nitrogens with zero attached hydrogens (tertiary/aromatic N) is 1. The first-order valence-corrected chi connectivity index (χ1v) is 8.12. The van der Waals surface area contributed by atoms with Gasteiger partial charge in [0.05, 0.1) is 22.3 Å².